The first-order valence-corrected chi connectivity index (χ1v) is 11.7. The van der Waals surface area contributed by atoms with E-state index in [0.29, 0.717) is 30.7 Å². The molecule has 0 aliphatic carbocycles. The number of carbonyl (C=O) groups excluding carboxylic acids is 1. The molecule has 2 aliphatic rings. The van der Waals surface area contributed by atoms with Crippen molar-refractivity contribution in [3.05, 3.63) is 71.4 Å². The van der Waals surface area contributed by atoms with Gasteiger partial charge < -0.3 is 4.90 Å². The van der Waals surface area contributed by atoms with Gasteiger partial charge in [0.2, 0.25) is 0 Å². The molecular formula is C24H24ClF2N4OP. The van der Waals surface area contributed by atoms with Crippen LogP contribution >= 0.6 is 20.8 Å². The second-order valence-corrected chi connectivity index (χ2v) is 9.53. The van der Waals surface area contributed by atoms with Gasteiger partial charge in [0.15, 0.2) is 5.82 Å². The van der Waals surface area contributed by atoms with Gasteiger partial charge in [-0.05, 0) is 43.5 Å². The van der Waals surface area contributed by atoms with Crippen LogP contribution in [0.4, 0.5) is 8.78 Å². The first-order valence-electron chi connectivity index (χ1n) is 10.8. The number of likely N-dealkylation sites (tertiary alicyclic amines) is 1. The fourth-order valence-corrected chi connectivity index (χ4v) is 4.86. The quantitative estimate of drug-likeness (QED) is 0.491. The van der Waals surface area contributed by atoms with Crippen LogP contribution in [0.3, 0.4) is 0 Å². The van der Waals surface area contributed by atoms with Crippen LogP contribution in [0, 0.1) is 5.82 Å². The van der Waals surface area contributed by atoms with Crippen LogP contribution in [0.5, 0.6) is 0 Å². The van der Waals surface area contributed by atoms with Crippen molar-refractivity contribution in [1.29, 1.82) is 0 Å². The van der Waals surface area contributed by atoms with Crippen LogP contribution in [-0.2, 0) is 0 Å². The number of allylic oxidation sites excluding steroid dienone is 3. The zero-order valence-electron chi connectivity index (χ0n) is 17.9. The topological polar surface area (TPSA) is 58.5 Å². The summed E-state index contributed by atoms with van der Waals surface area (Å²) in [6.07, 6.45) is 11.0. The van der Waals surface area contributed by atoms with Gasteiger partial charge in [-0.25, -0.2) is 18.7 Å². The van der Waals surface area contributed by atoms with Crippen LogP contribution in [-0.4, -0.2) is 44.5 Å². The Balaban J connectivity index is 1.54. The van der Waals surface area contributed by atoms with Gasteiger partial charge in [0.25, 0.3) is 5.91 Å². The molecule has 5 nitrogen and oxygen atoms in total. The zero-order valence-corrected chi connectivity index (χ0v) is 19.8. The lowest BCUT2D eigenvalue weighted by Crippen LogP contribution is -2.42. The van der Waals surface area contributed by atoms with E-state index in [1.54, 1.807) is 18.3 Å². The number of benzene rings is 1. The fraction of sp³-hybridized carbons (Fsp3) is 0.333. The number of amides is 1. The summed E-state index contributed by atoms with van der Waals surface area (Å²) in [6, 6.07) is 5.25. The van der Waals surface area contributed by atoms with Gasteiger partial charge in [0.05, 0.1) is 22.2 Å². The highest BCUT2D eigenvalue weighted by Gasteiger charge is 2.46. The predicted octanol–water partition coefficient (Wildman–Crippen LogP) is 5.69. The molecule has 1 aromatic heterocycles. The minimum absolute atomic E-state index is 0.0326. The third-order valence-electron chi connectivity index (χ3n) is 5.90. The lowest BCUT2D eigenvalue weighted by molar-refractivity contribution is 0.0676. The van der Waals surface area contributed by atoms with Gasteiger partial charge in [-0.2, -0.15) is 0 Å². The minimum Gasteiger partial charge on any atom is -0.332 e. The Morgan fingerprint density at radius 2 is 2.06 bits per heavy atom. The number of nitrogens with zero attached hydrogens (tertiary/aromatic N) is 4. The standard InChI is InChI=1S/C24H24ClF2N4OP/c25-16-5-1-6-17(30-15-16)7-2-10-20-24(27,33)11-14-31(20)23(32)18-8-3-9-19(26)21(18)22-28-12-4-13-29-22/h1,3-5,8-9,12-13,15,20H,2,6-7,10-11,14,33H2. The number of alkyl halides is 1. The van der Waals surface area contributed by atoms with Crippen LogP contribution in [0.1, 0.15) is 42.5 Å². The molecule has 4 rings (SSSR count). The average Bonchev–Trinajstić information content (AvgIpc) is 2.95. The van der Waals surface area contributed by atoms with Gasteiger partial charge >= 0.3 is 0 Å². The summed E-state index contributed by atoms with van der Waals surface area (Å²) in [7, 11) is 2.27. The molecule has 0 radical (unpaired) electrons. The highest BCUT2D eigenvalue weighted by atomic mass is 35.5. The van der Waals surface area contributed by atoms with Crippen molar-refractivity contribution in [2.24, 2.45) is 4.99 Å². The molecule has 3 unspecified atom stereocenters. The van der Waals surface area contributed by atoms with Crippen molar-refractivity contribution in [3.8, 4) is 11.4 Å². The molecular weight excluding hydrogens is 465 g/mol. The SMILES string of the molecule is O=C(c1cccc(F)c1-c1ncccn1)N1CCC(F)(P)C1CCCC1=NC=C(Cl)C=CC1. The maximum atomic E-state index is 15.4. The lowest BCUT2D eigenvalue weighted by Gasteiger charge is -2.30. The van der Waals surface area contributed by atoms with E-state index in [2.05, 4.69) is 24.2 Å². The summed E-state index contributed by atoms with van der Waals surface area (Å²) >= 11 is 5.98. The highest BCUT2D eigenvalue weighted by Crippen LogP contribution is 2.42. The molecule has 1 aromatic carbocycles. The molecule has 33 heavy (non-hydrogen) atoms. The largest absolute Gasteiger partial charge is 0.332 e. The molecule has 1 fully saturated rings. The van der Waals surface area contributed by atoms with Gasteiger partial charge in [-0.3, -0.25) is 9.79 Å². The number of aromatic nitrogens is 2. The summed E-state index contributed by atoms with van der Waals surface area (Å²) in [5.74, 6) is -0.891. The molecule has 0 saturated carbocycles. The molecule has 3 heterocycles. The molecule has 1 amide bonds. The van der Waals surface area contributed by atoms with E-state index >= 15 is 4.39 Å². The zero-order chi connectivity index (χ0) is 23.4. The first kappa shape index (κ1) is 23.7. The second-order valence-electron chi connectivity index (χ2n) is 8.13. The molecule has 0 spiro atoms. The Hall–Kier alpha value is -2.50. The number of halogens is 3. The average molecular weight is 489 g/mol. The van der Waals surface area contributed by atoms with Crippen molar-refractivity contribution in [3.63, 3.8) is 0 Å². The molecule has 1 saturated heterocycles. The van der Waals surface area contributed by atoms with Crippen LogP contribution in [0.25, 0.3) is 11.4 Å². The van der Waals surface area contributed by atoms with Crippen molar-refractivity contribution in [2.45, 2.75) is 43.6 Å². The van der Waals surface area contributed by atoms with Crippen LogP contribution in [0.2, 0.25) is 0 Å². The van der Waals surface area contributed by atoms with E-state index in [1.165, 1.54) is 35.5 Å². The molecule has 9 heteroatoms. The molecule has 0 bridgehead atoms. The number of hydrogen-bond acceptors (Lipinski definition) is 4. The normalized spacial score (nSPS) is 22.7. The highest BCUT2D eigenvalue weighted by molar-refractivity contribution is 7.18. The van der Waals surface area contributed by atoms with E-state index in [1.807, 2.05) is 6.08 Å². The number of aliphatic imine (C=N–C) groups is 1. The maximum Gasteiger partial charge on any atom is 0.255 e. The van der Waals surface area contributed by atoms with Gasteiger partial charge in [0, 0.05) is 43.7 Å². The van der Waals surface area contributed by atoms with Crippen molar-refractivity contribution in [1.82, 2.24) is 14.9 Å². The van der Waals surface area contributed by atoms with E-state index < -0.39 is 23.2 Å². The third kappa shape index (κ3) is 5.36. The van der Waals surface area contributed by atoms with Crippen molar-refractivity contribution >= 4 is 32.5 Å². The second kappa shape index (κ2) is 10.2. The minimum atomic E-state index is -1.61. The Labute approximate surface area is 198 Å². The summed E-state index contributed by atoms with van der Waals surface area (Å²) in [5, 5.41) is -1.04. The Morgan fingerprint density at radius 1 is 1.27 bits per heavy atom. The first-order chi connectivity index (χ1) is 15.9. The van der Waals surface area contributed by atoms with Gasteiger partial charge in [0.1, 0.15) is 11.2 Å². The van der Waals surface area contributed by atoms with Crippen LogP contribution < -0.4 is 0 Å². The third-order valence-corrected chi connectivity index (χ3v) is 6.80. The lowest BCUT2D eigenvalue weighted by atomic mass is 10.0. The monoisotopic (exact) mass is 488 g/mol. The van der Waals surface area contributed by atoms with Gasteiger partial charge in [-0.1, -0.05) is 33.0 Å². The Morgan fingerprint density at radius 3 is 2.85 bits per heavy atom. The van der Waals surface area contributed by atoms with Crippen LogP contribution in [0.15, 0.2) is 65.0 Å². The number of carbonyl (C=O) groups is 1. The number of rotatable bonds is 6. The predicted molar refractivity (Wildman–Crippen MR) is 129 cm³/mol. The summed E-state index contributed by atoms with van der Waals surface area (Å²) in [5.41, 5.74) is 1.12. The summed E-state index contributed by atoms with van der Waals surface area (Å²) < 4.78 is 30.1. The molecule has 2 aromatic rings. The van der Waals surface area contributed by atoms with Crippen molar-refractivity contribution < 1.29 is 13.6 Å². The van der Waals surface area contributed by atoms with Gasteiger partial charge in [-0.15, -0.1) is 0 Å². The molecule has 2 aliphatic heterocycles. The smallest absolute Gasteiger partial charge is 0.255 e. The van der Waals surface area contributed by atoms with E-state index in [9.17, 15) is 9.18 Å². The van der Waals surface area contributed by atoms with E-state index in [-0.39, 0.29) is 29.9 Å². The van der Waals surface area contributed by atoms with Crippen molar-refractivity contribution in [2.75, 3.05) is 6.54 Å². The molecule has 172 valence electrons. The Kier molecular flexibility index (Phi) is 7.30. The molecule has 3 atom stereocenters. The maximum absolute atomic E-state index is 15.4. The molecule has 0 N–H and O–H groups in total. The summed E-state index contributed by atoms with van der Waals surface area (Å²) in [4.78, 5) is 27.6. The van der Waals surface area contributed by atoms with E-state index in [0.717, 1.165) is 5.71 Å². The Bertz CT molecular complexity index is 1120. The summed E-state index contributed by atoms with van der Waals surface area (Å²) in [6.45, 7) is 0.247. The van der Waals surface area contributed by atoms with E-state index in [4.69, 9.17) is 11.6 Å². The fourth-order valence-electron chi connectivity index (χ4n) is 4.25. The number of hydrogen-bond donors (Lipinski definition) is 0.